The van der Waals surface area contributed by atoms with Gasteiger partial charge in [-0.1, -0.05) is 13.3 Å². The summed E-state index contributed by atoms with van der Waals surface area (Å²) in [5.74, 6) is -1.51. The van der Waals surface area contributed by atoms with Crippen LogP contribution in [0.25, 0.3) is 0 Å². The first-order chi connectivity index (χ1) is 9.26. The van der Waals surface area contributed by atoms with Crippen LogP contribution in [0, 0.1) is 5.92 Å². The third-order valence-electron chi connectivity index (χ3n) is 2.50. The molecule has 0 bridgehead atoms. The summed E-state index contributed by atoms with van der Waals surface area (Å²) in [4.78, 5) is 22.2. The predicted octanol–water partition coefficient (Wildman–Crippen LogP) is -0.274. The first-order valence-electron chi connectivity index (χ1n) is 6.45. The van der Waals surface area contributed by atoms with Crippen LogP contribution >= 0.6 is 0 Å². The minimum atomic E-state index is -3.21. The average molecular weight is 309 g/mol. The van der Waals surface area contributed by atoms with E-state index in [1.807, 2.05) is 6.92 Å². The molecule has 2 amide bonds. The summed E-state index contributed by atoms with van der Waals surface area (Å²) < 4.78 is 23.8. The lowest BCUT2D eigenvalue weighted by molar-refractivity contribution is -0.141. The fourth-order valence-corrected chi connectivity index (χ4v) is 2.00. The largest absolute Gasteiger partial charge is 0.481 e. The van der Waals surface area contributed by atoms with Crippen molar-refractivity contribution >= 4 is 22.0 Å². The Bertz CT molecular complexity index is 410. The Morgan fingerprint density at radius 3 is 2.35 bits per heavy atom. The molecule has 118 valence electrons. The van der Waals surface area contributed by atoms with E-state index in [4.69, 9.17) is 5.11 Å². The lowest BCUT2D eigenvalue weighted by Gasteiger charge is -2.13. The van der Waals surface area contributed by atoms with Crippen molar-refractivity contribution < 1.29 is 23.1 Å². The molecular weight excluding hydrogens is 286 g/mol. The first kappa shape index (κ1) is 18.7. The molecule has 0 rings (SSSR count). The Kier molecular flexibility index (Phi) is 8.89. The van der Waals surface area contributed by atoms with Gasteiger partial charge < -0.3 is 15.7 Å². The van der Waals surface area contributed by atoms with Crippen molar-refractivity contribution in [2.45, 2.75) is 26.2 Å². The van der Waals surface area contributed by atoms with Gasteiger partial charge >= 0.3 is 12.0 Å². The molecule has 0 saturated carbocycles. The molecule has 1 atom stereocenters. The molecule has 0 aromatic rings. The number of nitrogens with one attached hydrogen (secondary N) is 3. The summed E-state index contributed by atoms with van der Waals surface area (Å²) in [6.07, 6.45) is 2.76. The molecule has 0 saturated heterocycles. The van der Waals surface area contributed by atoms with E-state index in [0.717, 1.165) is 12.7 Å². The monoisotopic (exact) mass is 309 g/mol. The van der Waals surface area contributed by atoms with Crippen LogP contribution in [0.1, 0.15) is 26.2 Å². The molecule has 9 heteroatoms. The van der Waals surface area contributed by atoms with E-state index in [1.54, 1.807) is 0 Å². The molecule has 0 aromatic carbocycles. The van der Waals surface area contributed by atoms with E-state index in [1.165, 1.54) is 0 Å². The zero-order valence-electron chi connectivity index (χ0n) is 11.8. The van der Waals surface area contributed by atoms with Crippen molar-refractivity contribution in [3.8, 4) is 0 Å². The number of carbonyl (C=O) groups excluding carboxylic acids is 1. The Morgan fingerprint density at radius 2 is 1.85 bits per heavy atom. The molecule has 0 heterocycles. The first-order valence-corrected chi connectivity index (χ1v) is 8.34. The SMILES string of the molecule is CCCC(CNC(=O)NCCCNS(C)(=O)=O)C(=O)O. The van der Waals surface area contributed by atoms with Crippen molar-refractivity contribution in [1.82, 2.24) is 15.4 Å². The highest BCUT2D eigenvalue weighted by atomic mass is 32.2. The van der Waals surface area contributed by atoms with Gasteiger partial charge in [-0.15, -0.1) is 0 Å². The Labute approximate surface area is 119 Å². The molecule has 0 aromatic heterocycles. The number of amides is 2. The van der Waals surface area contributed by atoms with Gasteiger partial charge in [-0.3, -0.25) is 4.79 Å². The smallest absolute Gasteiger partial charge is 0.314 e. The lowest BCUT2D eigenvalue weighted by atomic mass is 10.0. The Hall–Kier alpha value is -1.35. The van der Waals surface area contributed by atoms with E-state index in [0.29, 0.717) is 19.4 Å². The number of carboxylic acids is 1. The second-order valence-electron chi connectivity index (χ2n) is 4.48. The quantitative estimate of drug-likeness (QED) is 0.413. The number of aliphatic carboxylic acids is 1. The van der Waals surface area contributed by atoms with Crippen molar-refractivity contribution in [2.75, 3.05) is 25.9 Å². The third kappa shape index (κ3) is 10.6. The zero-order chi connectivity index (χ0) is 15.6. The molecule has 0 radical (unpaired) electrons. The second kappa shape index (κ2) is 9.54. The number of hydrogen-bond donors (Lipinski definition) is 4. The van der Waals surface area contributed by atoms with Crippen LogP contribution in [0.15, 0.2) is 0 Å². The van der Waals surface area contributed by atoms with E-state index >= 15 is 0 Å². The standard InChI is InChI=1S/C11H23N3O5S/c1-3-5-9(10(15)16)8-13-11(17)12-6-4-7-14-20(2,18)19/h9,14H,3-8H2,1-2H3,(H,15,16)(H2,12,13,17). The van der Waals surface area contributed by atoms with Gasteiger partial charge in [-0.2, -0.15) is 0 Å². The molecule has 4 N–H and O–H groups in total. The van der Waals surface area contributed by atoms with Crippen LogP contribution < -0.4 is 15.4 Å². The Balaban J connectivity index is 3.75. The number of carboxylic acid groups (broad SMARTS) is 1. The second-order valence-corrected chi connectivity index (χ2v) is 6.31. The molecule has 1 unspecified atom stereocenters. The van der Waals surface area contributed by atoms with Crippen LogP contribution in [0.2, 0.25) is 0 Å². The van der Waals surface area contributed by atoms with Gasteiger partial charge in [0.25, 0.3) is 0 Å². The van der Waals surface area contributed by atoms with Crippen LogP contribution in [-0.4, -0.2) is 51.4 Å². The minimum absolute atomic E-state index is 0.0800. The normalized spacial score (nSPS) is 12.7. The highest BCUT2D eigenvalue weighted by molar-refractivity contribution is 7.88. The molecule has 0 fully saturated rings. The van der Waals surface area contributed by atoms with Gasteiger partial charge in [-0.25, -0.2) is 17.9 Å². The zero-order valence-corrected chi connectivity index (χ0v) is 12.6. The van der Waals surface area contributed by atoms with Crippen LogP contribution in [0.4, 0.5) is 4.79 Å². The van der Waals surface area contributed by atoms with Gasteiger partial charge in [0.2, 0.25) is 10.0 Å². The summed E-state index contributed by atoms with van der Waals surface area (Å²) in [5.41, 5.74) is 0. The number of sulfonamides is 1. The van der Waals surface area contributed by atoms with Crippen LogP contribution in [0.3, 0.4) is 0 Å². The fraction of sp³-hybridized carbons (Fsp3) is 0.818. The van der Waals surface area contributed by atoms with Crippen LogP contribution in [-0.2, 0) is 14.8 Å². The Morgan fingerprint density at radius 1 is 1.20 bits per heavy atom. The van der Waals surface area contributed by atoms with E-state index in [2.05, 4.69) is 15.4 Å². The molecule has 0 aliphatic rings. The molecule has 0 aliphatic carbocycles. The molecule has 20 heavy (non-hydrogen) atoms. The van der Waals surface area contributed by atoms with Gasteiger partial charge in [0.1, 0.15) is 0 Å². The van der Waals surface area contributed by atoms with Crippen molar-refractivity contribution in [1.29, 1.82) is 0 Å². The van der Waals surface area contributed by atoms with Crippen molar-refractivity contribution in [3.63, 3.8) is 0 Å². The molecule has 0 aliphatic heterocycles. The molecular formula is C11H23N3O5S. The van der Waals surface area contributed by atoms with Gasteiger partial charge in [0.15, 0.2) is 0 Å². The van der Waals surface area contributed by atoms with E-state index < -0.39 is 27.9 Å². The van der Waals surface area contributed by atoms with Gasteiger partial charge in [0, 0.05) is 19.6 Å². The summed E-state index contributed by atoms with van der Waals surface area (Å²) in [7, 11) is -3.21. The third-order valence-corrected chi connectivity index (χ3v) is 3.23. The summed E-state index contributed by atoms with van der Waals surface area (Å²) in [6, 6.07) is -0.452. The highest BCUT2D eigenvalue weighted by Crippen LogP contribution is 2.04. The summed E-state index contributed by atoms with van der Waals surface area (Å²) in [5, 5.41) is 13.9. The average Bonchev–Trinajstić information content (AvgIpc) is 2.32. The van der Waals surface area contributed by atoms with Gasteiger partial charge in [-0.05, 0) is 12.8 Å². The van der Waals surface area contributed by atoms with E-state index in [9.17, 15) is 18.0 Å². The van der Waals surface area contributed by atoms with Crippen molar-refractivity contribution in [3.05, 3.63) is 0 Å². The predicted molar refractivity (Wildman–Crippen MR) is 74.9 cm³/mol. The fourth-order valence-electron chi connectivity index (χ4n) is 1.49. The lowest BCUT2D eigenvalue weighted by Crippen LogP contribution is -2.40. The maximum absolute atomic E-state index is 11.4. The highest BCUT2D eigenvalue weighted by Gasteiger charge is 2.16. The topological polar surface area (TPSA) is 125 Å². The number of urea groups is 1. The van der Waals surface area contributed by atoms with Crippen molar-refractivity contribution in [2.24, 2.45) is 5.92 Å². The molecule has 0 spiro atoms. The number of carbonyl (C=O) groups is 2. The maximum atomic E-state index is 11.4. The minimum Gasteiger partial charge on any atom is -0.481 e. The van der Waals surface area contributed by atoms with Gasteiger partial charge in [0.05, 0.1) is 12.2 Å². The summed E-state index contributed by atoms with van der Waals surface area (Å²) >= 11 is 0. The van der Waals surface area contributed by atoms with Crippen LogP contribution in [0.5, 0.6) is 0 Å². The maximum Gasteiger partial charge on any atom is 0.314 e. The molecule has 8 nitrogen and oxygen atoms in total. The summed E-state index contributed by atoms with van der Waals surface area (Å²) in [6.45, 7) is 2.51. The number of hydrogen-bond acceptors (Lipinski definition) is 4. The van der Waals surface area contributed by atoms with E-state index in [-0.39, 0.29) is 13.1 Å². The number of rotatable bonds is 10.